The lowest BCUT2D eigenvalue weighted by Gasteiger charge is -2.10. The van der Waals surface area contributed by atoms with Gasteiger partial charge in [-0.2, -0.15) is 23.4 Å². The third-order valence-electron chi connectivity index (χ3n) is 4.34. The molecule has 0 radical (unpaired) electrons. The Kier molecular flexibility index (Phi) is 5.02. The van der Waals surface area contributed by atoms with Crippen molar-refractivity contribution >= 4 is 34.5 Å². The number of hydrogen-bond acceptors (Lipinski definition) is 5. The number of amides is 1. The predicted octanol–water partition coefficient (Wildman–Crippen LogP) is 4.10. The molecule has 0 aliphatic carbocycles. The van der Waals surface area contributed by atoms with Gasteiger partial charge in [-0.15, -0.1) is 11.3 Å². The number of halogens is 4. The maximum atomic E-state index is 13.7. The molecule has 0 aliphatic heterocycles. The molecule has 0 atom stereocenters. The van der Waals surface area contributed by atoms with Gasteiger partial charge in [-0.1, -0.05) is 17.7 Å². The van der Waals surface area contributed by atoms with E-state index < -0.39 is 17.8 Å². The Hall–Kier alpha value is -2.92. The summed E-state index contributed by atoms with van der Waals surface area (Å²) in [6, 6.07) is 6.03. The van der Waals surface area contributed by atoms with Crippen LogP contribution in [0.1, 0.15) is 27.6 Å². The summed E-state index contributed by atoms with van der Waals surface area (Å²) in [5.41, 5.74) is -0.0566. The van der Waals surface area contributed by atoms with Crippen LogP contribution in [0, 0.1) is 6.92 Å². The van der Waals surface area contributed by atoms with Crippen molar-refractivity contribution in [3.05, 3.63) is 57.4 Å². The van der Waals surface area contributed by atoms with Crippen LogP contribution in [0.5, 0.6) is 0 Å². The quantitative estimate of drug-likeness (QED) is 0.503. The second kappa shape index (κ2) is 7.40. The topological polar surface area (TPSA) is 77.1 Å². The molecule has 0 aliphatic rings. The van der Waals surface area contributed by atoms with Gasteiger partial charge >= 0.3 is 6.18 Å². The standard InChI is InChI=1S/C18H14ClF3N6OS/c1-9-6-10(27(2)25-9)8-23-17(29)15-14(19)16-24-11(12-4-3-5-30-12)7-13(18(20,21)22)28(16)26-15/h3-7H,8H2,1-2H3,(H,23,29). The minimum Gasteiger partial charge on any atom is -0.345 e. The Morgan fingerprint density at radius 3 is 2.67 bits per heavy atom. The van der Waals surface area contributed by atoms with Crippen LogP contribution in [0.4, 0.5) is 13.2 Å². The van der Waals surface area contributed by atoms with Crippen molar-refractivity contribution < 1.29 is 18.0 Å². The number of aromatic nitrogens is 5. The fraction of sp³-hybridized carbons (Fsp3) is 0.222. The molecule has 12 heteroatoms. The number of hydrogen-bond donors (Lipinski definition) is 1. The molecular weight excluding hydrogens is 441 g/mol. The van der Waals surface area contributed by atoms with Crippen LogP contribution in [0.15, 0.2) is 29.6 Å². The van der Waals surface area contributed by atoms with Gasteiger partial charge in [0.25, 0.3) is 5.91 Å². The van der Waals surface area contributed by atoms with E-state index in [9.17, 15) is 18.0 Å². The van der Waals surface area contributed by atoms with Gasteiger partial charge in [0.1, 0.15) is 5.02 Å². The molecule has 4 heterocycles. The van der Waals surface area contributed by atoms with Crippen LogP contribution in [-0.2, 0) is 19.8 Å². The smallest absolute Gasteiger partial charge is 0.345 e. The minimum absolute atomic E-state index is 0.101. The van der Waals surface area contributed by atoms with Crippen molar-refractivity contribution in [2.45, 2.75) is 19.6 Å². The Morgan fingerprint density at radius 1 is 1.30 bits per heavy atom. The van der Waals surface area contributed by atoms with Crippen LogP contribution in [0.2, 0.25) is 5.02 Å². The highest BCUT2D eigenvalue weighted by Gasteiger charge is 2.36. The molecule has 0 saturated heterocycles. The van der Waals surface area contributed by atoms with Crippen molar-refractivity contribution in [1.29, 1.82) is 0 Å². The van der Waals surface area contributed by atoms with Crippen molar-refractivity contribution in [3.63, 3.8) is 0 Å². The van der Waals surface area contributed by atoms with E-state index in [2.05, 4.69) is 20.5 Å². The van der Waals surface area contributed by atoms with Crippen molar-refractivity contribution in [2.75, 3.05) is 0 Å². The number of alkyl halides is 3. The number of nitrogens with zero attached hydrogens (tertiary/aromatic N) is 5. The lowest BCUT2D eigenvalue weighted by atomic mass is 10.2. The summed E-state index contributed by atoms with van der Waals surface area (Å²) in [6.45, 7) is 1.92. The zero-order valence-corrected chi connectivity index (χ0v) is 17.2. The van der Waals surface area contributed by atoms with Crippen molar-refractivity contribution in [1.82, 2.24) is 29.7 Å². The lowest BCUT2D eigenvalue weighted by molar-refractivity contribution is -0.142. The molecule has 1 N–H and O–H groups in total. The molecular formula is C18H14ClF3N6OS. The van der Waals surface area contributed by atoms with E-state index in [-0.39, 0.29) is 28.6 Å². The highest BCUT2D eigenvalue weighted by atomic mass is 35.5. The first-order valence-corrected chi connectivity index (χ1v) is 9.89. The van der Waals surface area contributed by atoms with Crippen LogP contribution in [0.25, 0.3) is 16.2 Å². The monoisotopic (exact) mass is 454 g/mol. The maximum Gasteiger partial charge on any atom is 0.433 e. The van der Waals surface area contributed by atoms with E-state index in [0.717, 1.165) is 17.5 Å². The van der Waals surface area contributed by atoms with Crippen molar-refractivity contribution in [2.24, 2.45) is 7.05 Å². The second-order valence-electron chi connectivity index (χ2n) is 6.48. The number of carbonyl (C=O) groups is 1. The first-order chi connectivity index (χ1) is 14.1. The Morgan fingerprint density at radius 2 is 2.07 bits per heavy atom. The van der Waals surface area contributed by atoms with Gasteiger partial charge in [0, 0.05) is 7.05 Å². The molecule has 0 aromatic carbocycles. The van der Waals surface area contributed by atoms with Gasteiger partial charge in [-0.05, 0) is 30.5 Å². The average molecular weight is 455 g/mol. The van der Waals surface area contributed by atoms with Crippen molar-refractivity contribution in [3.8, 4) is 10.6 Å². The van der Waals surface area contributed by atoms with Gasteiger partial charge in [0.2, 0.25) is 0 Å². The molecule has 1 amide bonds. The highest BCUT2D eigenvalue weighted by molar-refractivity contribution is 7.13. The summed E-state index contributed by atoms with van der Waals surface area (Å²) >= 11 is 7.48. The van der Waals surface area contributed by atoms with Crippen LogP contribution in [0.3, 0.4) is 0 Å². The number of rotatable bonds is 4. The SMILES string of the molecule is Cc1cc(CNC(=O)c2nn3c(C(F)(F)F)cc(-c4cccs4)nc3c2Cl)n(C)n1. The second-order valence-corrected chi connectivity index (χ2v) is 7.81. The molecule has 7 nitrogen and oxygen atoms in total. The Labute approximate surface area is 177 Å². The number of aryl methyl sites for hydroxylation is 2. The summed E-state index contributed by atoms with van der Waals surface area (Å²) in [7, 11) is 1.72. The van der Waals surface area contributed by atoms with Gasteiger partial charge in [-0.3, -0.25) is 9.48 Å². The zero-order chi connectivity index (χ0) is 21.6. The van der Waals surface area contributed by atoms with E-state index in [4.69, 9.17) is 11.6 Å². The zero-order valence-electron chi connectivity index (χ0n) is 15.7. The molecule has 0 spiro atoms. The van der Waals surface area contributed by atoms with Gasteiger partial charge in [-0.25, -0.2) is 9.50 Å². The molecule has 4 aromatic rings. The third kappa shape index (κ3) is 3.65. The van der Waals surface area contributed by atoms with Gasteiger partial charge < -0.3 is 5.32 Å². The first-order valence-electron chi connectivity index (χ1n) is 8.63. The summed E-state index contributed by atoms with van der Waals surface area (Å²) in [6.07, 6.45) is -4.72. The molecule has 0 saturated carbocycles. The minimum atomic E-state index is -4.72. The lowest BCUT2D eigenvalue weighted by Crippen LogP contribution is -2.25. The normalized spacial score (nSPS) is 11.9. The largest absolute Gasteiger partial charge is 0.433 e. The number of carbonyl (C=O) groups excluding carboxylic acids is 1. The third-order valence-corrected chi connectivity index (χ3v) is 5.58. The molecule has 0 unspecified atom stereocenters. The van der Waals surface area contributed by atoms with Gasteiger partial charge in [0.05, 0.1) is 28.5 Å². The fourth-order valence-corrected chi connectivity index (χ4v) is 3.91. The summed E-state index contributed by atoms with van der Waals surface area (Å²) < 4.78 is 43.1. The Balaban J connectivity index is 1.75. The van der Waals surface area contributed by atoms with Crippen LogP contribution >= 0.6 is 22.9 Å². The first kappa shape index (κ1) is 20.4. The molecule has 30 heavy (non-hydrogen) atoms. The average Bonchev–Trinajstić information content (AvgIpc) is 3.38. The van der Waals surface area contributed by atoms with E-state index in [0.29, 0.717) is 9.39 Å². The summed E-state index contributed by atoms with van der Waals surface area (Å²) in [5.74, 6) is -0.713. The Bertz CT molecular complexity index is 1250. The van der Waals surface area contributed by atoms with Crippen LogP contribution in [-0.4, -0.2) is 30.3 Å². The number of nitrogens with one attached hydrogen (secondary N) is 1. The summed E-state index contributed by atoms with van der Waals surface area (Å²) in [4.78, 5) is 17.3. The van der Waals surface area contributed by atoms with E-state index in [1.54, 1.807) is 42.2 Å². The molecule has 4 rings (SSSR count). The predicted molar refractivity (Wildman–Crippen MR) is 105 cm³/mol. The van der Waals surface area contributed by atoms with E-state index in [1.165, 1.54) is 11.3 Å². The van der Waals surface area contributed by atoms with E-state index >= 15 is 0 Å². The van der Waals surface area contributed by atoms with E-state index in [1.807, 2.05) is 0 Å². The highest BCUT2D eigenvalue weighted by Crippen LogP contribution is 2.35. The molecule has 4 aromatic heterocycles. The van der Waals surface area contributed by atoms with Gasteiger partial charge in [0.15, 0.2) is 17.0 Å². The molecule has 0 fully saturated rings. The molecule has 156 valence electrons. The summed E-state index contributed by atoms with van der Waals surface area (Å²) in [5, 5.41) is 12.1. The maximum absolute atomic E-state index is 13.7. The number of fused-ring (bicyclic) bond motifs is 1. The number of thiophene rings is 1. The van der Waals surface area contributed by atoms with Crippen LogP contribution < -0.4 is 5.32 Å². The molecule has 0 bridgehead atoms. The fourth-order valence-electron chi connectivity index (χ4n) is 2.97.